The van der Waals surface area contributed by atoms with Crippen LogP contribution in [0.2, 0.25) is 0 Å². The predicted molar refractivity (Wildman–Crippen MR) is 94.4 cm³/mol. The molecule has 1 aromatic rings. The van der Waals surface area contributed by atoms with Crippen molar-refractivity contribution in [2.75, 3.05) is 14.2 Å². The fourth-order valence-corrected chi connectivity index (χ4v) is 2.54. The molecule has 0 aromatic heterocycles. The van der Waals surface area contributed by atoms with Crippen LogP contribution in [0.1, 0.15) is 44.2 Å². The molecule has 0 aliphatic heterocycles. The molecule has 0 amide bonds. The van der Waals surface area contributed by atoms with Crippen LogP contribution >= 0.6 is 0 Å². The molecule has 0 fully saturated rings. The van der Waals surface area contributed by atoms with E-state index in [4.69, 9.17) is 9.47 Å². The van der Waals surface area contributed by atoms with Gasteiger partial charge in [0.1, 0.15) is 5.75 Å². The second-order valence-electron chi connectivity index (χ2n) is 5.46. The van der Waals surface area contributed by atoms with Gasteiger partial charge in [-0.05, 0) is 49.1 Å². The third kappa shape index (κ3) is 4.27. The SMILES string of the molecule is C=C(CC)/C(=C\C=C(/C)OC)[C@H](C)c1cccc(OC)c1C. The largest absolute Gasteiger partial charge is 0.501 e. The average Bonchev–Trinajstić information content (AvgIpc) is 2.54. The minimum Gasteiger partial charge on any atom is -0.501 e. The molecule has 1 rings (SSSR count). The lowest BCUT2D eigenvalue weighted by atomic mass is 9.85. The maximum atomic E-state index is 5.44. The highest BCUT2D eigenvalue weighted by atomic mass is 16.5. The zero-order chi connectivity index (χ0) is 16.7. The fourth-order valence-electron chi connectivity index (χ4n) is 2.54. The summed E-state index contributed by atoms with van der Waals surface area (Å²) >= 11 is 0. The Hall–Kier alpha value is -1.96. The van der Waals surface area contributed by atoms with Crippen LogP contribution in [0.15, 0.2) is 53.8 Å². The van der Waals surface area contributed by atoms with E-state index in [-0.39, 0.29) is 5.92 Å². The minimum absolute atomic E-state index is 0.253. The molecule has 0 aliphatic rings. The average molecular weight is 300 g/mol. The van der Waals surface area contributed by atoms with Gasteiger partial charge in [0.25, 0.3) is 0 Å². The Morgan fingerprint density at radius 3 is 2.50 bits per heavy atom. The Kier molecular flexibility index (Phi) is 6.97. The third-order valence-electron chi connectivity index (χ3n) is 4.13. The van der Waals surface area contributed by atoms with Crippen molar-refractivity contribution in [3.05, 3.63) is 65.0 Å². The van der Waals surface area contributed by atoms with Crippen LogP contribution in [0.5, 0.6) is 5.75 Å². The van der Waals surface area contributed by atoms with Gasteiger partial charge >= 0.3 is 0 Å². The summed E-state index contributed by atoms with van der Waals surface area (Å²) in [6.45, 7) is 12.6. The number of ether oxygens (including phenoxy) is 2. The fraction of sp³-hybridized carbons (Fsp3) is 0.400. The topological polar surface area (TPSA) is 18.5 Å². The van der Waals surface area contributed by atoms with Gasteiger partial charge in [0, 0.05) is 5.92 Å². The van der Waals surface area contributed by atoms with E-state index in [9.17, 15) is 0 Å². The summed E-state index contributed by atoms with van der Waals surface area (Å²) in [4.78, 5) is 0. The van der Waals surface area contributed by atoms with E-state index in [2.05, 4.69) is 39.5 Å². The number of hydrogen-bond acceptors (Lipinski definition) is 2. The molecule has 0 unspecified atom stereocenters. The van der Waals surface area contributed by atoms with Crippen molar-refractivity contribution in [2.45, 2.75) is 40.0 Å². The summed E-state index contributed by atoms with van der Waals surface area (Å²) < 4.78 is 10.7. The number of methoxy groups -OCH3 is 2. The van der Waals surface area contributed by atoms with Crippen LogP contribution in [0.25, 0.3) is 0 Å². The van der Waals surface area contributed by atoms with Gasteiger partial charge in [-0.2, -0.15) is 0 Å². The van der Waals surface area contributed by atoms with E-state index in [0.29, 0.717) is 0 Å². The minimum atomic E-state index is 0.253. The Morgan fingerprint density at radius 2 is 1.95 bits per heavy atom. The monoisotopic (exact) mass is 300 g/mol. The van der Waals surface area contributed by atoms with Crippen LogP contribution < -0.4 is 4.74 Å². The van der Waals surface area contributed by atoms with Gasteiger partial charge in [-0.25, -0.2) is 0 Å². The molecule has 0 spiro atoms. The lowest BCUT2D eigenvalue weighted by molar-refractivity contribution is 0.293. The number of allylic oxidation sites excluding steroid dienone is 5. The molecule has 0 saturated carbocycles. The lowest BCUT2D eigenvalue weighted by Crippen LogP contribution is -2.04. The van der Waals surface area contributed by atoms with Crippen molar-refractivity contribution in [3.63, 3.8) is 0 Å². The van der Waals surface area contributed by atoms with E-state index in [1.165, 1.54) is 16.7 Å². The number of rotatable bonds is 7. The molecule has 1 atom stereocenters. The first-order chi connectivity index (χ1) is 10.5. The molecule has 2 nitrogen and oxygen atoms in total. The van der Waals surface area contributed by atoms with Crippen LogP contribution in [-0.2, 0) is 4.74 Å². The highest BCUT2D eigenvalue weighted by molar-refractivity contribution is 5.48. The molecule has 0 heterocycles. The summed E-state index contributed by atoms with van der Waals surface area (Å²) in [5.74, 6) is 2.06. The Balaban J connectivity index is 3.29. The maximum absolute atomic E-state index is 5.44. The van der Waals surface area contributed by atoms with Crippen LogP contribution in [0.4, 0.5) is 0 Å². The maximum Gasteiger partial charge on any atom is 0.122 e. The molecular weight excluding hydrogens is 272 g/mol. The highest BCUT2D eigenvalue weighted by Gasteiger charge is 2.16. The summed E-state index contributed by atoms with van der Waals surface area (Å²) in [7, 11) is 3.40. The van der Waals surface area contributed by atoms with Gasteiger partial charge in [0.05, 0.1) is 20.0 Å². The quantitative estimate of drug-likeness (QED) is 0.485. The van der Waals surface area contributed by atoms with Gasteiger partial charge in [-0.15, -0.1) is 0 Å². The first kappa shape index (κ1) is 18.1. The van der Waals surface area contributed by atoms with Gasteiger partial charge < -0.3 is 9.47 Å². The van der Waals surface area contributed by atoms with Gasteiger partial charge in [0.2, 0.25) is 0 Å². The van der Waals surface area contributed by atoms with Crippen molar-refractivity contribution in [1.29, 1.82) is 0 Å². The van der Waals surface area contributed by atoms with E-state index < -0.39 is 0 Å². The first-order valence-electron chi connectivity index (χ1n) is 7.70. The molecule has 0 aliphatic carbocycles. The predicted octanol–water partition coefficient (Wildman–Crippen LogP) is 5.55. The molecule has 0 N–H and O–H groups in total. The standard InChI is InChI=1S/C20H28O2/c1-8-14(2)18(13-12-15(3)21-6)16(4)19-10-9-11-20(22-7)17(19)5/h9-13,16H,2,8H2,1,3-7H3/b15-12+,18-13+/t16-/m0/s1. The molecule has 1 aromatic carbocycles. The summed E-state index contributed by atoms with van der Waals surface area (Å²) in [5, 5.41) is 0. The number of hydrogen-bond donors (Lipinski definition) is 0. The molecule has 2 heteroatoms. The smallest absolute Gasteiger partial charge is 0.122 e. The number of benzene rings is 1. The van der Waals surface area contributed by atoms with Crippen molar-refractivity contribution in [1.82, 2.24) is 0 Å². The summed E-state index contributed by atoms with van der Waals surface area (Å²) in [6, 6.07) is 6.20. The molecule has 0 bridgehead atoms. The Bertz CT molecular complexity index is 579. The molecule has 22 heavy (non-hydrogen) atoms. The van der Waals surface area contributed by atoms with E-state index >= 15 is 0 Å². The molecule has 0 radical (unpaired) electrons. The zero-order valence-electron chi connectivity index (χ0n) is 14.7. The molecule has 120 valence electrons. The van der Waals surface area contributed by atoms with Crippen molar-refractivity contribution < 1.29 is 9.47 Å². The second kappa shape index (κ2) is 8.47. The van der Waals surface area contributed by atoms with Crippen molar-refractivity contribution in [3.8, 4) is 5.75 Å². The van der Waals surface area contributed by atoms with Crippen LogP contribution in [0, 0.1) is 6.92 Å². The molecule has 0 saturated heterocycles. The van der Waals surface area contributed by atoms with Gasteiger partial charge in [-0.1, -0.05) is 44.2 Å². The van der Waals surface area contributed by atoms with E-state index in [0.717, 1.165) is 23.5 Å². The van der Waals surface area contributed by atoms with Gasteiger partial charge in [0.15, 0.2) is 0 Å². The first-order valence-corrected chi connectivity index (χ1v) is 7.70. The van der Waals surface area contributed by atoms with Gasteiger partial charge in [-0.3, -0.25) is 0 Å². The van der Waals surface area contributed by atoms with E-state index in [1.54, 1.807) is 14.2 Å². The normalized spacial score (nSPS) is 13.7. The third-order valence-corrected chi connectivity index (χ3v) is 4.13. The Labute approximate surface area is 135 Å². The van der Waals surface area contributed by atoms with E-state index in [1.807, 2.05) is 25.1 Å². The zero-order valence-corrected chi connectivity index (χ0v) is 14.7. The highest BCUT2D eigenvalue weighted by Crippen LogP contribution is 2.34. The lowest BCUT2D eigenvalue weighted by Gasteiger charge is -2.21. The second-order valence-corrected chi connectivity index (χ2v) is 5.46. The van der Waals surface area contributed by atoms with Crippen LogP contribution in [0.3, 0.4) is 0 Å². The summed E-state index contributed by atoms with van der Waals surface area (Å²) in [6.07, 6.45) is 5.05. The Morgan fingerprint density at radius 1 is 1.27 bits per heavy atom. The van der Waals surface area contributed by atoms with Crippen molar-refractivity contribution >= 4 is 0 Å². The molecular formula is C20H28O2. The van der Waals surface area contributed by atoms with Crippen LogP contribution in [-0.4, -0.2) is 14.2 Å². The van der Waals surface area contributed by atoms with Crippen molar-refractivity contribution in [2.24, 2.45) is 0 Å². The summed E-state index contributed by atoms with van der Waals surface area (Å²) in [5.41, 5.74) is 4.83.